The summed E-state index contributed by atoms with van der Waals surface area (Å²) in [7, 11) is 1.97. The Kier molecular flexibility index (Phi) is 3.28. The predicted octanol–water partition coefficient (Wildman–Crippen LogP) is 6.06. The van der Waals surface area contributed by atoms with Gasteiger partial charge in [-0.2, -0.15) is 0 Å². The minimum atomic E-state index is -2.22. The Labute approximate surface area is 174 Å². The van der Waals surface area contributed by atoms with Crippen LogP contribution in [0.5, 0.6) is 0 Å². The van der Waals surface area contributed by atoms with Crippen molar-refractivity contribution in [3.8, 4) is 22.4 Å². The Morgan fingerprint density at radius 1 is 0.862 bits per heavy atom. The quantitative estimate of drug-likeness (QED) is 0.347. The molecule has 5 rings (SSSR count). The normalized spacial score (nSPS) is 13.4. The van der Waals surface area contributed by atoms with Crippen molar-refractivity contribution >= 4 is 22.1 Å². The highest BCUT2D eigenvalue weighted by atomic mass is 16.3. The van der Waals surface area contributed by atoms with Gasteiger partial charge in [-0.25, -0.2) is 9.55 Å². The van der Waals surface area contributed by atoms with Crippen molar-refractivity contribution < 1.29 is 13.1 Å². The summed E-state index contributed by atoms with van der Waals surface area (Å²) in [4.78, 5) is 4.58. The van der Waals surface area contributed by atoms with Crippen LogP contribution in [0.2, 0.25) is 0 Å². The number of aryl methyl sites for hydroxylation is 4. The first kappa shape index (κ1) is 14.5. The van der Waals surface area contributed by atoms with Crippen molar-refractivity contribution in [1.82, 2.24) is 4.98 Å². The molecule has 0 N–H and O–H groups in total. The monoisotopic (exact) mass is 382 g/mol. The molecular weight excluding hydrogens is 356 g/mol. The zero-order valence-electron chi connectivity index (χ0n) is 19.7. The Morgan fingerprint density at radius 3 is 2.52 bits per heavy atom. The van der Waals surface area contributed by atoms with Crippen molar-refractivity contribution in [1.29, 1.82) is 0 Å². The SMILES string of the molecule is [2H]C([2H])([2H])c1ccccc1-c1ccc[n+](C)c1-c1c(C)ccc2c1oc1nc(C)ccc12. The molecule has 2 aromatic carbocycles. The van der Waals surface area contributed by atoms with Gasteiger partial charge in [0.15, 0.2) is 11.8 Å². The minimum Gasteiger partial charge on any atom is -0.437 e. The van der Waals surface area contributed by atoms with Gasteiger partial charge in [0.25, 0.3) is 0 Å². The lowest BCUT2D eigenvalue weighted by Crippen LogP contribution is -2.31. The maximum Gasteiger partial charge on any atom is 0.227 e. The number of benzene rings is 2. The number of nitrogens with zero attached hydrogens (tertiary/aromatic N) is 2. The summed E-state index contributed by atoms with van der Waals surface area (Å²) in [6, 6.07) is 19.3. The van der Waals surface area contributed by atoms with E-state index in [4.69, 9.17) is 8.53 Å². The molecule has 3 heterocycles. The van der Waals surface area contributed by atoms with E-state index in [0.29, 0.717) is 16.8 Å². The van der Waals surface area contributed by atoms with Gasteiger partial charge in [0.1, 0.15) is 7.05 Å². The first-order valence-corrected chi connectivity index (χ1v) is 9.64. The van der Waals surface area contributed by atoms with Crippen LogP contribution in [0.1, 0.15) is 20.9 Å². The number of hydrogen-bond donors (Lipinski definition) is 0. The topological polar surface area (TPSA) is 29.9 Å². The second-order valence-electron chi connectivity index (χ2n) is 7.47. The fraction of sp³-hybridized carbons (Fsp3) is 0.154. The Balaban J connectivity index is 1.89. The molecule has 0 saturated heterocycles. The molecule has 29 heavy (non-hydrogen) atoms. The molecule has 3 nitrogen and oxygen atoms in total. The zero-order chi connectivity index (χ0) is 22.6. The number of pyridine rings is 2. The van der Waals surface area contributed by atoms with E-state index in [1.54, 1.807) is 12.1 Å². The lowest BCUT2D eigenvalue weighted by Gasteiger charge is -2.12. The van der Waals surface area contributed by atoms with Gasteiger partial charge in [0.05, 0.1) is 11.1 Å². The summed E-state index contributed by atoms with van der Waals surface area (Å²) in [5, 5.41) is 1.96. The molecule has 0 aliphatic rings. The molecule has 5 aromatic rings. The Morgan fingerprint density at radius 2 is 1.66 bits per heavy atom. The third kappa shape index (κ3) is 2.73. The first-order chi connectivity index (χ1) is 15.3. The van der Waals surface area contributed by atoms with Gasteiger partial charge >= 0.3 is 0 Å². The van der Waals surface area contributed by atoms with Gasteiger partial charge in [-0.1, -0.05) is 36.4 Å². The van der Waals surface area contributed by atoms with Crippen LogP contribution in [0.15, 0.2) is 71.3 Å². The molecular formula is C26H23N2O+. The number of rotatable bonds is 2. The number of fused-ring (bicyclic) bond motifs is 3. The summed E-state index contributed by atoms with van der Waals surface area (Å²) >= 11 is 0. The van der Waals surface area contributed by atoms with Gasteiger partial charge in [-0.05, 0) is 55.6 Å². The van der Waals surface area contributed by atoms with Crippen LogP contribution in [0.25, 0.3) is 44.5 Å². The van der Waals surface area contributed by atoms with Crippen LogP contribution >= 0.6 is 0 Å². The maximum absolute atomic E-state index is 8.06. The van der Waals surface area contributed by atoms with Gasteiger partial charge in [0, 0.05) is 26.6 Å². The van der Waals surface area contributed by atoms with Crippen molar-refractivity contribution in [3.05, 3.63) is 83.7 Å². The third-order valence-corrected chi connectivity index (χ3v) is 5.49. The lowest BCUT2D eigenvalue weighted by atomic mass is 9.92. The van der Waals surface area contributed by atoms with E-state index in [0.717, 1.165) is 44.4 Å². The lowest BCUT2D eigenvalue weighted by molar-refractivity contribution is -0.659. The largest absolute Gasteiger partial charge is 0.437 e. The molecule has 0 bridgehead atoms. The van der Waals surface area contributed by atoms with E-state index < -0.39 is 6.85 Å². The number of aromatic nitrogens is 2. The highest BCUT2D eigenvalue weighted by Crippen LogP contribution is 2.40. The number of furan rings is 1. The number of hydrogen-bond acceptors (Lipinski definition) is 2. The van der Waals surface area contributed by atoms with Gasteiger partial charge in [-0.3, -0.25) is 0 Å². The molecule has 3 heteroatoms. The highest BCUT2D eigenvalue weighted by Gasteiger charge is 2.25. The average molecular weight is 383 g/mol. The van der Waals surface area contributed by atoms with Crippen LogP contribution < -0.4 is 4.57 Å². The van der Waals surface area contributed by atoms with E-state index >= 15 is 0 Å². The highest BCUT2D eigenvalue weighted by molar-refractivity contribution is 6.09. The molecule has 3 aromatic heterocycles. The fourth-order valence-corrected chi connectivity index (χ4v) is 4.06. The van der Waals surface area contributed by atoms with Crippen LogP contribution in [-0.2, 0) is 7.05 Å². The summed E-state index contributed by atoms with van der Waals surface area (Å²) in [6.07, 6.45) is 1.97. The summed E-state index contributed by atoms with van der Waals surface area (Å²) in [5.41, 5.74) is 7.03. The van der Waals surface area contributed by atoms with Gasteiger partial charge in [0.2, 0.25) is 11.4 Å². The van der Waals surface area contributed by atoms with E-state index in [2.05, 4.69) is 17.1 Å². The van der Waals surface area contributed by atoms with E-state index in [-0.39, 0.29) is 0 Å². The van der Waals surface area contributed by atoms with Crippen molar-refractivity contribution in [2.24, 2.45) is 7.05 Å². The van der Waals surface area contributed by atoms with Crippen LogP contribution in [0, 0.1) is 20.7 Å². The molecule has 0 fully saturated rings. The van der Waals surface area contributed by atoms with E-state index in [1.165, 1.54) is 0 Å². The second-order valence-corrected chi connectivity index (χ2v) is 7.47. The maximum atomic E-state index is 8.06. The smallest absolute Gasteiger partial charge is 0.227 e. The van der Waals surface area contributed by atoms with E-state index in [1.807, 2.05) is 68.1 Å². The summed E-state index contributed by atoms with van der Waals surface area (Å²) < 4.78 is 32.5. The molecule has 0 amide bonds. The first-order valence-electron chi connectivity index (χ1n) is 11.1. The molecule has 0 unspecified atom stereocenters. The van der Waals surface area contributed by atoms with Crippen molar-refractivity contribution in [3.63, 3.8) is 0 Å². The van der Waals surface area contributed by atoms with Crippen LogP contribution in [0.4, 0.5) is 0 Å². The van der Waals surface area contributed by atoms with Gasteiger partial charge < -0.3 is 4.42 Å². The summed E-state index contributed by atoms with van der Waals surface area (Å²) in [5.74, 6) is 0. The predicted molar refractivity (Wildman–Crippen MR) is 118 cm³/mol. The molecule has 0 radical (unpaired) electrons. The second kappa shape index (κ2) is 6.56. The average Bonchev–Trinajstić information content (AvgIpc) is 3.11. The van der Waals surface area contributed by atoms with E-state index in [9.17, 15) is 0 Å². The molecule has 0 spiro atoms. The van der Waals surface area contributed by atoms with Gasteiger partial charge in [-0.15, -0.1) is 0 Å². The standard InChI is InChI=1S/C26H23N2O/c1-16-8-5-6-9-19(16)20-10-7-15-28(4)24(20)23-17(2)11-13-21-22-14-12-18(3)27-26(22)29-25(21)23/h5-15H,1-4H3/q+1/i1D3. The molecule has 0 aliphatic carbocycles. The molecule has 0 saturated carbocycles. The third-order valence-electron chi connectivity index (χ3n) is 5.49. The van der Waals surface area contributed by atoms with Crippen molar-refractivity contribution in [2.75, 3.05) is 0 Å². The Bertz CT molecular complexity index is 1500. The zero-order valence-corrected chi connectivity index (χ0v) is 16.7. The summed E-state index contributed by atoms with van der Waals surface area (Å²) in [6.45, 7) is 1.77. The minimum absolute atomic E-state index is 0.333. The Hall–Kier alpha value is -3.46. The van der Waals surface area contributed by atoms with Crippen LogP contribution in [0.3, 0.4) is 0 Å². The fourth-order valence-electron chi connectivity index (χ4n) is 4.06. The molecule has 0 aliphatic heterocycles. The van der Waals surface area contributed by atoms with Crippen LogP contribution in [-0.4, -0.2) is 4.98 Å². The molecule has 142 valence electrons. The van der Waals surface area contributed by atoms with Crippen molar-refractivity contribution in [2.45, 2.75) is 20.7 Å². The molecule has 0 atom stereocenters.